The number of nitrogens with one attached hydrogen (secondary N) is 1. The van der Waals surface area contributed by atoms with Gasteiger partial charge in [-0.3, -0.25) is 9.48 Å². The van der Waals surface area contributed by atoms with Gasteiger partial charge in [0.2, 0.25) is 0 Å². The van der Waals surface area contributed by atoms with E-state index in [4.69, 9.17) is 0 Å². The number of hydrogen-bond acceptors (Lipinski definition) is 3. The van der Waals surface area contributed by atoms with Crippen LogP contribution in [0.5, 0.6) is 0 Å². The summed E-state index contributed by atoms with van der Waals surface area (Å²) in [5.41, 5.74) is 3.14. The number of nitrogens with zero attached hydrogens (tertiary/aromatic N) is 3. The van der Waals surface area contributed by atoms with Gasteiger partial charge in [-0.2, -0.15) is 5.10 Å². The summed E-state index contributed by atoms with van der Waals surface area (Å²) in [5, 5.41) is 7.06. The van der Waals surface area contributed by atoms with E-state index < -0.39 is 0 Å². The molecule has 1 N–H and O–H groups in total. The van der Waals surface area contributed by atoms with Crippen molar-refractivity contribution in [3.05, 3.63) is 41.7 Å². The summed E-state index contributed by atoms with van der Waals surface area (Å²) in [6.45, 7) is 1.82. The van der Waals surface area contributed by atoms with Crippen molar-refractivity contribution in [2.45, 2.75) is 6.92 Å². The largest absolute Gasteiger partial charge is 0.378 e. The summed E-state index contributed by atoms with van der Waals surface area (Å²) in [7, 11) is 5.73. The smallest absolute Gasteiger partial charge is 0.259 e. The molecule has 0 unspecified atom stereocenters. The van der Waals surface area contributed by atoms with E-state index in [-0.39, 0.29) is 5.91 Å². The second-order valence-electron chi connectivity index (χ2n) is 4.70. The highest BCUT2D eigenvalue weighted by Crippen LogP contribution is 2.18. The Morgan fingerprint density at radius 1 is 1.37 bits per heavy atom. The molecule has 0 aliphatic rings. The Labute approximate surface area is 112 Å². The standard InChI is InChI=1S/C14H18N4O/c1-10-13(9-18(4)16-10)14(19)15-11-6-5-7-12(8-11)17(2)3/h5-9H,1-4H3,(H,15,19). The number of aromatic nitrogens is 2. The first-order valence-electron chi connectivity index (χ1n) is 6.06. The zero-order chi connectivity index (χ0) is 14.0. The molecule has 19 heavy (non-hydrogen) atoms. The lowest BCUT2D eigenvalue weighted by Gasteiger charge is -2.13. The van der Waals surface area contributed by atoms with Crippen molar-refractivity contribution in [1.29, 1.82) is 0 Å². The van der Waals surface area contributed by atoms with Gasteiger partial charge in [0.1, 0.15) is 0 Å². The third-order valence-corrected chi connectivity index (χ3v) is 2.88. The predicted molar refractivity (Wildman–Crippen MR) is 76.7 cm³/mol. The first-order chi connectivity index (χ1) is 8.97. The molecule has 2 aromatic rings. The summed E-state index contributed by atoms with van der Waals surface area (Å²) in [6.07, 6.45) is 1.72. The molecule has 0 aliphatic heterocycles. The van der Waals surface area contributed by atoms with E-state index in [2.05, 4.69) is 10.4 Å². The fourth-order valence-electron chi connectivity index (χ4n) is 1.88. The quantitative estimate of drug-likeness (QED) is 0.916. The van der Waals surface area contributed by atoms with Crippen LogP contribution in [0.25, 0.3) is 0 Å². The number of anilines is 2. The van der Waals surface area contributed by atoms with Crippen LogP contribution in [-0.4, -0.2) is 29.8 Å². The molecule has 0 radical (unpaired) electrons. The predicted octanol–water partition coefficient (Wildman–Crippen LogP) is 2.05. The maximum absolute atomic E-state index is 12.2. The van der Waals surface area contributed by atoms with Crippen molar-refractivity contribution in [2.24, 2.45) is 7.05 Å². The Morgan fingerprint density at radius 2 is 2.11 bits per heavy atom. The average Bonchev–Trinajstić information content (AvgIpc) is 2.69. The van der Waals surface area contributed by atoms with Gasteiger partial charge >= 0.3 is 0 Å². The normalized spacial score (nSPS) is 10.3. The average molecular weight is 258 g/mol. The minimum Gasteiger partial charge on any atom is -0.378 e. The van der Waals surface area contributed by atoms with Crippen molar-refractivity contribution < 1.29 is 4.79 Å². The molecule has 0 aliphatic carbocycles. The van der Waals surface area contributed by atoms with E-state index in [0.717, 1.165) is 17.1 Å². The highest BCUT2D eigenvalue weighted by Gasteiger charge is 2.12. The zero-order valence-electron chi connectivity index (χ0n) is 11.6. The molecule has 0 fully saturated rings. The van der Waals surface area contributed by atoms with Crippen LogP contribution in [0.15, 0.2) is 30.5 Å². The number of rotatable bonds is 3. The lowest BCUT2D eigenvalue weighted by Crippen LogP contribution is -2.13. The number of benzene rings is 1. The molecule has 1 aromatic carbocycles. The van der Waals surface area contributed by atoms with Crippen LogP contribution in [0.1, 0.15) is 16.1 Å². The Balaban J connectivity index is 2.19. The van der Waals surface area contributed by atoms with E-state index in [1.54, 1.807) is 17.9 Å². The minimum atomic E-state index is -0.137. The van der Waals surface area contributed by atoms with Crippen LogP contribution in [-0.2, 0) is 7.05 Å². The fourth-order valence-corrected chi connectivity index (χ4v) is 1.88. The van der Waals surface area contributed by atoms with Crippen molar-refractivity contribution in [3.8, 4) is 0 Å². The van der Waals surface area contributed by atoms with Crippen LogP contribution >= 0.6 is 0 Å². The number of aryl methyl sites for hydroxylation is 2. The first-order valence-corrected chi connectivity index (χ1v) is 6.06. The van der Waals surface area contributed by atoms with E-state index in [9.17, 15) is 4.79 Å². The number of carbonyl (C=O) groups is 1. The Bertz CT molecular complexity index is 601. The molecule has 1 heterocycles. The highest BCUT2D eigenvalue weighted by atomic mass is 16.1. The van der Waals surface area contributed by atoms with Crippen molar-refractivity contribution >= 4 is 17.3 Å². The molecular formula is C14H18N4O. The monoisotopic (exact) mass is 258 g/mol. The van der Waals surface area contributed by atoms with Crippen LogP contribution in [0.4, 0.5) is 11.4 Å². The Hall–Kier alpha value is -2.30. The first kappa shape index (κ1) is 13.1. The van der Waals surface area contributed by atoms with Gasteiger partial charge in [0.25, 0.3) is 5.91 Å². The molecule has 0 bridgehead atoms. The topological polar surface area (TPSA) is 50.2 Å². The van der Waals surface area contributed by atoms with Crippen LogP contribution < -0.4 is 10.2 Å². The minimum absolute atomic E-state index is 0.137. The van der Waals surface area contributed by atoms with E-state index >= 15 is 0 Å². The molecular weight excluding hydrogens is 240 g/mol. The maximum Gasteiger partial charge on any atom is 0.259 e. The van der Waals surface area contributed by atoms with Crippen molar-refractivity contribution in [3.63, 3.8) is 0 Å². The van der Waals surface area contributed by atoms with Gasteiger partial charge in [-0.15, -0.1) is 0 Å². The SMILES string of the molecule is Cc1nn(C)cc1C(=O)Nc1cccc(N(C)C)c1. The molecule has 0 saturated carbocycles. The second kappa shape index (κ2) is 5.14. The lowest BCUT2D eigenvalue weighted by molar-refractivity contribution is 0.102. The molecule has 2 rings (SSSR count). The third-order valence-electron chi connectivity index (χ3n) is 2.88. The van der Waals surface area contributed by atoms with Gasteiger partial charge in [-0.25, -0.2) is 0 Å². The number of carbonyl (C=O) groups excluding carboxylic acids is 1. The molecule has 100 valence electrons. The van der Waals surface area contributed by atoms with Crippen molar-refractivity contribution in [1.82, 2.24) is 9.78 Å². The van der Waals surface area contributed by atoms with Gasteiger partial charge in [0.05, 0.1) is 11.3 Å². The fraction of sp³-hybridized carbons (Fsp3) is 0.286. The summed E-state index contributed by atoms with van der Waals surface area (Å²) in [4.78, 5) is 14.1. The van der Waals surface area contributed by atoms with Gasteiger partial charge in [0, 0.05) is 38.7 Å². The maximum atomic E-state index is 12.2. The summed E-state index contributed by atoms with van der Waals surface area (Å²) < 4.78 is 1.64. The van der Waals surface area contributed by atoms with Gasteiger partial charge in [-0.05, 0) is 25.1 Å². The van der Waals surface area contributed by atoms with Crippen LogP contribution in [0.2, 0.25) is 0 Å². The van der Waals surface area contributed by atoms with Crippen LogP contribution in [0.3, 0.4) is 0 Å². The Kier molecular flexibility index (Phi) is 3.55. The summed E-state index contributed by atoms with van der Waals surface area (Å²) >= 11 is 0. The third kappa shape index (κ3) is 2.93. The van der Waals surface area contributed by atoms with Crippen molar-refractivity contribution in [2.75, 3.05) is 24.3 Å². The summed E-state index contributed by atoms with van der Waals surface area (Å²) in [6, 6.07) is 7.71. The molecule has 5 nitrogen and oxygen atoms in total. The highest BCUT2D eigenvalue weighted by molar-refractivity contribution is 6.05. The molecule has 0 spiro atoms. The molecule has 1 amide bonds. The number of amides is 1. The zero-order valence-corrected chi connectivity index (χ0v) is 11.6. The lowest BCUT2D eigenvalue weighted by atomic mass is 10.2. The molecule has 5 heteroatoms. The van der Waals surface area contributed by atoms with Crippen LogP contribution in [0, 0.1) is 6.92 Å². The molecule has 1 aromatic heterocycles. The molecule has 0 saturated heterocycles. The number of hydrogen-bond donors (Lipinski definition) is 1. The van der Waals surface area contributed by atoms with Gasteiger partial charge in [-0.1, -0.05) is 6.07 Å². The van der Waals surface area contributed by atoms with Gasteiger partial charge in [0.15, 0.2) is 0 Å². The Morgan fingerprint density at radius 3 is 2.68 bits per heavy atom. The van der Waals surface area contributed by atoms with E-state index in [1.165, 1.54) is 0 Å². The summed E-state index contributed by atoms with van der Waals surface area (Å²) in [5.74, 6) is -0.137. The van der Waals surface area contributed by atoms with E-state index in [0.29, 0.717) is 5.56 Å². The van der Waals surface area contributed by atoms with E-state index in [1.807, 2.05) is 50.2 Å². The van der Waals surface area contributed by atoms with Gasteiger partial charge < -0.3 is 10.2 Å². The second-order valence-corrected chi connectivity index (χ2v) is 4.70. The molecule has 0 atom stereocenters.